The molecule has 0 aliphatic carbocycles. The largest absolute Gasteiger partial charge is 0.490 e. The fourth-order valence-corrected chi connectivity index (χ4v) is 1.96. The van der Waals surface area contributed by atoms with Gasteiger partial charge in [-0.1, -0.05) is 22.9 Å². The molecular weight excluding hydrogens is 284 g/mol. The first-order valence-corrected chi connectivity index (χ1v) is 6.29. The average Bonchev–Trinajstić information content (AvgIpc) is 2.26. The van der Waals surface area contributed by atoms with Gasteiger partial charge in [-0.3, -0.25) is 4.79 Å². The molecule has 17 heavy (non-hydrogen) atoms. The lowest BCUT2D eigenvalue weighted by atomic mass is 10.1. The molecule has 1 aromatic carbocycles. The van der Waals surface area contributed by atoms with Crippen molar-refractivity contribution in [3.05, 3.63) is 27.7 Å². The molecule has 0 saturated heterocycles. The Hall–Kier alpha value is -0.870. The van der Waals surface area contributed by atoms with Crippen molar-refractivity contribution in [1.82, 2.24) is 0 Å². The van der Waals surface area contributed by atoms with Crippen molar-refractivity contribution in [2.24, 2.45) is 0 Å². The Morgan fingerprint density at radius 1 is 1.53 bits per heavy atom. The summed E-state index contributed by atoms with van der Waals surface area (Å²) in [6.07, 6.45) is 1.35. The normalized spacial score (nSPS) is 14.2. The van der Waals surface area contributed by atoms with Crippen LogP contribution in [0.5, 0.6) is 5.75 Å². The van der Waals surface area contributed by atoms with Gasteiger partial charge in [0.2, 0.25) is 0 Å². The summed E-state index contributed by atoms with van der Waals surface area (Å²) in [4.78, 5) is 11.0. The SMILES string of the molecule is CCC(C)(O)COc1c(C)cc(Br)cc1C=O. The third-order valence-electron chi connectivity index (χ3n) is 2.68. The number of carbonyl (C=O) groups is 1. The van der Waals surface area contributed by atoms with Crippen LogP contribution in [0.2, 0.25) is 0 Å². The summed E-state index contributed by atoms with van der Waals surface area (Å²) in [5.41, 5.74) is 0.483. The van der Waals surface area contributed by atoms with Gasteiger partial charge in [-0.15, -0.1) is 0 Å². The summed E-state index contributed by atoms with van der Waals surface area (Å²) in [7, 11) is 0. The number of halogens is 1. The lowest BCUT2D eigenvalue weighted by Gasteiger charge is -2.22. The molecule has 3 nitrogen and oxygen atoms in total. The molecule has 0 aromatic heterocycles. The second-order valence-corrected chi connectivity index (χ2v) is 5.31. The molecule has 0 aliphatic rings. The van der Waals surface area contributed by atoms with E-state index in [0.717, 1.165) is 16.3 Å². The van der Waals surface area contributed by atoms with E-state index in [1.807, 2.05) is 19.9 Å². The molecule has 0 fully saturated rings. The number of aryl methyl sites for hydroxylation is 1. The van der Waals surface area contributed by atoms with Crippen molar-refractivity contribution in [3.8, 4) is 5.75 Å². The predicted molar refractivity (Wildman–Crippen MR) is 70.7 cm³/mol. The maximum atomic E-state index is 11.0. The molecule has 1 N–H and O–H groups in total. The summed E-state index contributed by atoms with van der Waals surface area (Å²) >= 11 is 3.33. The highest BCUT2D eigenvalue weighted by Gasteiger charge is 2.20. The van der Waals surface area contributed by atoms with Crippen molar-refractivity contribution in [2.45, 2.75) is 32.8 Å². The van der Waals surface area contributed by atoms with Gasteiger partial charge in [0.05, 0.1) is 11.2 Å². The minimum Gasteiger partial charge on any atom is -0.490 e. The van der Waals surface area contributed by atoms with Crippen molar-refractivity contribution in [3.63, 3.8) is 0 Å². The molecule has 0 amide bonds. The molecule has 1 unspecified atom stereocenters. The topological polar surface area (TPSA) is 46.5 Å². The van der Waals surface area contributed by atoms with Gasteiger partial charge >= 0.3 is 0 Å². The number of hydrogen-bond acceptors (Lipinski definition) is 3. The third-order valence-corrected chi connectivity index (χ3v) is 3.14. The zero-order chi connectivity index (χ0) is 13.1. The fourth-order valence-electron chi connectivity index (χ4n) is 1.37. The first-order chi connectivity index (χ1) is 7.89. The molecule has 4 heteroatoms. The molecule has 1 aromatic rings. The first kappa shape index (κ1) is 14.2. The van der Waals surface area contributed by atoms with Gasteiger partial charge in [0, 0.05) is 4.47 Å². The van der Waals surface area contributed by atoms with Crippen LogP contribution in [-0.4, -0.2) is 23.6 Å². The minimum absolute atomic E-state index is 0.173. The highest BCUT2D eigenvalue weighted by atomic mass is 79.9. The van der Waals surface area contributed by atoms with E-state index in [4.69, 9.17) is 4.74 Å². The first-order valence-electron chi connectivity index (χ1n) is 5.50. The summed E-state index contributed by atoms with van der Waals surface area (Å²) < 4.78 is 6.41. The summed E-state index contributed by atoms with van der Waals surface area (Å²) in [6.45, 7) is 5.64. The van der Waals surface area contributed by atoms with Crippen LogP contribution in [0.4, 0.5) is 0 Å². The number of aliphatic hydroxyl groups is 1. The number of carbonyl (C=O) groups excluding carboxylic acids is 1. The van der Waals surface area contributed by atoms with Gasteiger partial charge in [0.25, 0.3) is 0 Å². The summed E-state index contributed by atoms with van der Waals surface area (Å²) in [5.74, 6) is 0.539. The van der Waals surface area contributed by atoms with Crippen molar-refractivity contribution >= 4 is 22.2 Å². The highest BCUT2D eigenvalue weighted by molar-refractivity contribution is 9.10. The van der Waals surface area contributed by atoms with Crippen molar-refractivity contribution in [1.29, 1.82) is 0 Å². The fraction of sp³-hybridized carbons (Fsp3) is 0.462. The quantitative estimate of drug-likeness (QED) is 0.850. The van der Waals surface area contributed by atoms with E-state index in [9.17, 15) is 9.90 Å². The van der Waals surface area contributed by atoms with Crippen LogP contribution >= 0.6 is 15.9 Å². The van der Waals surface area contributed by atoms with Gasteiger partial charge in [-0.05, 0) is 38.0 Å². The monoisotopic (exact) mass is 300 g/mol. The Morgan fingerprint density at radius 3 is 2.71 bits per heavy atom. The van der Waals surface area contributed by atoms with Gasteiger partial charge < -0.3 is 9.84 Å². The molecule has 1 rings (SSSR count). The number of hydrogen-bond donors (Lipinski definition) is 1. The van der Waals surface area contributed by atoms with E-state index >= 15 is 0 Å². The van der Waals surface area contributed by atoms with Crippen LogP contribution in [0.25, 0.3) is 0 Å². The molecule has 0 saturated carbocycles. The number of aldehydes is 1. The lowest BCUT2D eigenvalue weighted by Crippen LogP contribution is -2.31. The lowest BCUT2D eigenvalue weighted by molar-refractivity contribution is 0.00806. The van der Waals surface area contributed by atoms with Gasteiger partial charge in [-0.2, -0.15) is 0 Å². The Balaban J connectivity index is 2.94. The highest BCUT2D eigenvalue weighted by Crippen LogP contribution is 2.27. The number of ether oxygens (including phenoxy) is 1. The van der Waals surface area contributed by atoms with E-state index in [2.05, 4.69) is 15.9 Å². The molecular formula is C13H17BrO3. The van der Waals surface area contributed by atoms with Gasteiger partial charge in [0.1, 0.15) is 12.4 Å². The summed E-state index contributed by atoms with van der Waals surface area (Å²) in [6, 6.07) is 3.58. The van der Waals surface area contributed by atoms with E-state index in [0.29, 0.717) is 17.7 Å². The molecule has 94 valence electrons. The third kappa shape index (κ3) is 3.82. The smallest absolute Gasteiger partial charge is 0.153 e. The zero-order valence-corrected chi connectivity index (χ0v) is 11.9. The number of rotatable bonds is 5. The average molecular weight is 301 g/mol. The van der Waals surface area contributed by atoms with E-state index in [1.165, 1.54) is 0 Å². The zero-order valence-electron chi connectivity index (χ0n) is 10.3. The molecule has 1 atom stereocenters. The molecule has 0 bridgehead atoms. The Labute approximate surface area is 110 Å². The second kappa shape index (κ2) is 5.65. The minimum atomic E-state index is -0.875. The Kier molecular flexibility index (Phi) is 4.71. The molecule has 0 spiro atoms. The van der Waals surface area contributed by atoms with Crippen LogP contribution in [0.15, 0.2) is 16.6 Å². The van der Waals surface area contributed by atoms with Crippen LogP contribution in [-0.2, 0) is 0 Å². The van der Waals surface area contributed by atoms with Crippen LogP contribution in [0, 0.1) is 6.92 Å². The van der Waals surface area contributed by atoms with Gasteiger partial charge in [-0.25, -0.2) is 0 Å². The van der Waals surface area contributed by atoms with Crippen LogP contribution in [0.1, 0.15) is 36.2 Å². The van der Waals surface area contributed by atoms with Gasteiger partial charge in [0.15, 0.2) is 6.29 Å². The van der Waals surface area contributed by atoms with E-state index in [-0.39, 0.29) is 6.61 Å². The number of benzene rings is 1. The Bertz CT molecular complexity index is 413. The summed E-state index contributed by atoms with van der Waals surface area (Å²) in [5, 5.41) is 9.87. The van der Waals surface area contributed by atoms with Crippen molar-refractivity contribution in [2.75, 3.05) is 6.61 Å². The predicted octanol–water partition coefficient (Wildman–Crippen LogP) is 3.11. The molecule has 0 aliphatic heterocycles. The van der Waals surface area contributed by atoms with E-state index < -0.39 is 5.60 Å². The molecule has 0 heterocycles. The van der Waals surface area contributed by atoms with Crippen LogP contribution in [0.3, 0.4) is 0 Å². The van der Waals surface area contributed by atoms with E-state index in [1.54, 1.807) is 13.0 Å². The van der Waals surface area contributed by atoms with Crippen LogP contribution < -0.4 is 4.74 Å². The molecule has 0 radical (unpaired) electrons. The maximum absolute atomic E-state index is 11.0. The second-order valence-electron chi connectivity index (χ2n) is 4.40. The van der Waals surface area contributed by atoms with Crippen molar-refractivity contribution < 1.29 is 14.6 Å². The standard InChI is InChI=1S/C13H17BrO3/c1-4-13(3,16)8-17-12-9(2)5-11(14)6-10(12)7-15/h5-7,16H,4,8H2,1-3H3. The Morgan fingerprint density at radius 2 is 2.18 bits per heavy atom. The maximum Gasteiger partial charge on any atom is 0.153 e.